The molecule has 1 rings (SSSR count). The predicted molar refractivity (Wildman–Crippen MR) is 68.9 cm³/mol. The molecule has 0 atom stereocenters. The van der Waals surface area contributed by atoms with Gasteiger partial charge in [0.15, 0.2) is 5.17 Å². The lowest BCUT2D eigenvalue weighted by molar-refractivity contribution is -0.113. The van der Waals surface area contributed by atoms with E-state index >= 15 is 0 Å². The standard InChI is InChI=1S/C11H15N3OS/c1-7-3-4-9(8(2)5-7)14-10(15)6-16-11(12)13/h3-5H,6H2,1-2H3,(H3,12,13)(H,14,15). The summed E-state index contributed by atoms with van der Waals surface area (Å²) in [6, 6.07) is 5.83. The van der Waals surface area contributed by atoms with E-state index < -0.39 is 0 Å². The number of carbonyl (C=O) groups excluding carboxylic acids is 1. The first-order valence-corrected chi connectivity index (χ1v) is 5.81. The van der Waals surface area contributed by atoms with E-state index in [4.69, 9.17) is 11.1 Å². The van der Waals surface area contributed by atoms with Crippen molar-refractivity contribution in [2.24, 2.45) is 5.73 Å². The highest BCUT2D eigenvalue weighted by atomic mass is 32.2. The van der Waals surface area contributed by atoms with Crippen molar-refractivity contribution in [3.05, 3.63) is 29.3 Å². The van der Waals surface area contributed by atoms with Crippen LogP contribution in [0.2, 0.25) is 0 Å². The predicted octanol–water partition coefficient (Wildman–Crippen LogP) is 1.87. The van der Waals surface area contributed by atoms with Crippen LogP contribution in [0, 0.1) is 19.3 Å². The van der Waals surface area contributed by atoms with Crippen LogP contribution < -0.4 is 11.1 Å². The zero-order valence-corrected chi connectivity index (χ0v) is 10.1. The Kier molecular flexibility index (Phi) is 4.37. The topological polar surface area (TPSA) is 79.0 Å². The zero-order valence-electron chi connectivity index (χ0n) is 9.33. The number of thioether (sulfide) groups is 1. The average Bonchev–Trinajstić information content (AvgIpc) is 2.19. The van der Waals surface area contributed by atoms with E-state index in [1.165, 1.54) is 0 Å². The summed E-state index contributed by atoms with van der Waals surface area (Å²) in [6.45, 7) is 3.95. The fourth-order valence-corrected chi connectivity index (χ4v) is 1.64. The highest BCUT2D eigenvalue weighted by molar-refractivity contribution is 8.14. The maximum absolute atomic E-state index is 11.5. The van der Waals surface area contributed by atoms with Gasteiger partial charge in [0.2, 0.25) is 5.91 Å². The largest absolute Gasteiger partial charge is 0.379 e. The molecular weight excluding hydrogens is 222 g/mol. The first kappa shape index (κ1) is 12.6. The molecule has 86 valence electrons. The van der Waals surface area contributed by atoms with Crippen molar-refractivity contribution in [3.8, 4) is 0 Å². The van der Waals surface area contributed by atoms with Gasteiger partial charge in [0.05, 0.1) is 5.75 Å². The van der Waals surface area contributed by atoms with Crippen LogP contribution in [0.15, 0.2) is 18.2 Å². The van der Waals surface area contributed by atoms with Crippen LogP contribution in [0.3, 0.4) is 0 Å². The minimum atomic E-state index is -0.146. The van der Waals surface area contributed by atoms with Gasteiger partial charge in [0.1, 0.15) is 0 Å². The zero-order chi connectivity index (χ0) is 12.1. The van der Waals surface area contributed by atoms with Crippen molar-refractivity contribution in [3.63, 3.8) is 0 Å². The summed E-state index contributed by atoms with van der Waals surface area (Å²) in [4.78, 5) is 11.5. The third-order valence-corrected chi connectivity index (χ3v) is 2.73. The van der Waals surface area contributed by atoms with Gasteiger partial charge in [-0.15, -0.1) is 0 Å². The molecule has 1 amide bonds. The van der Waals surface area contributed by atoms with Gasteiger partial charge in [-0.25, -0.2) is 0 Å². The second-order valence-corrected chi connectivity index (χ2v) is 4.54. The molecule has 0 fully saturated rings. The number of benzene rings is 1. The molecule has 0 aliphatic heterocycles. The number of carbonyl (C=O) groups is 1. The maximum Gasteiger partial charge on any atom is 0.234 e. The molecule has 0 radical (unpaired) electrons. The number of aryl methyl sites for hydroxylation is 2. The molecule has 0 aliphatic carbocycles. The summed E-state index contributed by atoms with van der Waals surface area (Å²) in [5.41, 5.74) is 8.15. The van der Waals surface area contributed by atoms with Gasteiger partial charge in [-0.05, 0) is 25.5 Å². The van der Waals surface area contributed by atoms with Crippen LogP contribution >= 0.6 is 11.8 Å². The molecular formula is C11H15N3OS. The number of amidine groups is 1. The third kappa shape index (κ3) is 3.94. The molecule has 1 aromatic carbocycles. The second-order valence-electron chi connectivity index (χ2n) is 3.52. The van der Waals surface area contributed by atoms with Gasteiger partial charge in [-0.1, -0.05) is 29.5 Å². The maximum atomic E-state index is 11.5. The van der Waals surface area contributed by atoms with E-state index in [-0.39, 0.29) is 16.8 Å². The SMILES string of the molecule is Cc1ccc(NC(=O)CSC(=N)N)c(C)c1. The summed E-state index contributed by atoms with van der Waals surface area (Å²) >= 11 is 1.02. The van der Waals surface area contributed by atoms with Crippen LogP contribution in [-0.2, 0) is 4.79 Å². The molecule has 0 saturated carbocycles. The molecule has 0 bridgehead atoms. The second kappa shape index (κ2) is 5.55. The monoisotopic (exact) mass is 237 g/mol. The molecule has 0 aliphatic rings. The van der Waals surface area contributed by atoms with E-state index in [1.807, 2.05) is 32.0 Å². The van der Waals surface area contributed by atoms with E-state index in [1.54, 1.807) is 0 Å². The minimum absolute atomic E-state index is 0.0456. The Bertz CT molecular complexity index is 418. The van der Waals surface area contributed by atoms with Crippen LogP contribution in [0.1, 0.15) is 11.1 Å². The van der Waals surface area contributed by atoms with E-state index in [0.29, 0.717) is 0 Å². The van der Waals surface area contributed by atoms with Crippen molar-refractivity contribution < 1.29 is 4.79 Å². The lowest BCUT2D eigenvalue weighted by Gasteiger charge is -2.08. The van der Waals surface area contributed by atoms with Crippen LogP contribution in [0.25, 0.3) is 0 Å². The highest BCUT2D eigenvalue weighted by Crippen LogP contribution is 2.16. The molecule has 4 nitrogen and oxygen atoms in total. The number of nitrogens with two attached hydrogens (primary N) is 1. The van der Waals surface area contributed by atoms with Gasteiger partial charge in [0.25, 0.3) is 0 Å². The Labute approximate surface area is 99.1 Å². The van der Waals surface area contributed by atoms with E-state index in [9.17, 15) is 4.79 Å². The molecule has 16 heavy (non-hydrogen) atoms. The molecule has 5 heteroatoms. The fraction of sp³-hybridized carbons (Fsp3) is 0.273. The molecule has 0 spiro atoms. The average molecular weight is 237 g/mol. The summed E-state index contributed by atoms with van der Waals surface area (Å²) in [6.07, 6.45) is 0. The lowest BCUT2D eigenvalue weighted by Crippen LogP contribution is -2.17. The number of hydrogen-bond acceptors (Lipinski definition) is 3. The number of rotatable bonds is 3. The quantitative estimate of drug-likeness (QED) is 0.554. The lowest BCUT2D eigenvalue weighted by atomic mass is 10.1. The number of anilines is 1. The first-order chi connectivity index (χ1) is 7.49. The summed E-state index contributed by atoms with van der Waals surface area (Å²) < 4.78 is 0. The van der Waals surface area contributed by atoms with Crippen LogP contribution in [0.4, 0.5) is 5.69 Å². The van der Waals surface area contributed by atoms with Gasteiger partial charge >= 0.3 is 0 Å². The third-order valence-electron chi connectivity index (χ3n) is 2.01. The smallest absolute Gasteiger partial charge is 0.234 e. The Morgan fingerprint density at radius 3 is 2.75 bits per heavy atom. The molecule has 0 heterocycles. The van der Waals surface area contributed by atoms with Crippen molar-refractivity contribution in [2.75, 3.05) is 11.1 Å². The molecule has 1 aromatic rings. The molecule has 0 saturated heterocycles. The van der Waals surface area contributed by atoms with Crippen molar-refractivity contribution in [1.82, 2.24) is 0 Å². The number of nitrogens with one attached hydrogen (secondary N) is 2. The van der Waals surface area contributed by atoms with E-state index in [0.717, 1.165) is 28.6 Å². The van der Waals surface area contributed by atoms with Gasteiger partial charge in [-0.3, -0.25) is 10.2 Å². The van der Waals surface area contributed by atoms with Crippen LogP contribution in [0.5, 0.6) is 0 Å². The molecule has 0 aromatic heterocycles. The fourth-order valence-electron chi connectivity index (χ4n) is 1.28. The van der Waals surface area contributed by atoms with Crippen molar-refractivity contribution in [2.45, 2.75) is 13.8 Å². The summed E-state index contributed by atoms with van der Waals surface area (Å²) in [5.74, 6) is 0.0231. The van der Waals surface area contributed by atoms with Crippen LogP contribution in [-0.4, -0.2) is 16.8 Å². The Morgan fingerprint density at radius 1 is 1.50 bits per heavy atom. The molecule has 4 N–H and O–H groups in total. The van der Waals surface area contributed by atoms with Crippen molar-refractivity contribution in [1.29, 1.82) is 5.41 Å². The van der Waals surface area contributed by atoms with Crippen molar-refractivity contribution >= 4 is 28.5 Å². The first-order valence-electron chi connectivity index (χ1n) is 4.83. The van der Waals surface area contributed by atoms with Gasteiger partial charge < -0.3 is 11.1 Å². The van der Waals surface area contributed by atoms with Gasteiger partial charge in [-0.2, -0.15) is 0 Å². The van der Waals surface area contributed by atoms with E-state index in [2.05, 4.69) is 5.32 Å². The Morgan fingerprint density at radius 2 is 2.19 bits per heavy atom. The molecule has 0 unspecified atom stereocenters. The highest BCUT2D eigenvalue weighted by Gasteiger charge is 2.05. The summed E-state index contributed by atoms with van der Waals surface area (Å²) in [7, 11) is 0. The van der Waals surface area contributed by atoms with Gasteiger partial charge in [0, 0.05) is 5.69 Å². The normalized spacial score (nSPS) is 9.88. The Balaban J connectivity index is 2.59. The summed E-state index contributed by atoms with van der Waals surface area (Å²) in [5, 5.41) is 9.73. The Hall–Kier alpha value is -1.49. The minimum Gasteiger partial charge on any atom is -0.379 e. The number of amides is 1. The number of hydrogen-bond donors (Lipinski definition) is 3.